The molecule has 14 heavy (non-hydrogen) atoms. The summed E-state index contributed by atoms with van der Waals surface area (Å²) in [6, 6.07) is 2.34. The van der Waals surface area contributed by atoms with Crippen LogP contribution in [0.1, 0.15) is 27.2 Å². The van der Waals surface area contributed by atoms with E-state index in [0.717, 1.165) is 24.7 Å². The van der Waals surface area contributed by atoms with Crippen LogP contribution < -0.4 is 0 Å². The van der Waals surface area contributed by atoms with Crippen LogP contribution in [0.5, 0.6) is 0 Å². The largest absolute Gasteiger partial charge is 0.295 e. The first kappa shape index (κ1) is 10.2. The third-order valence-corrected chi connectivity index (χ3v) is 3.53. The normalized spacial score (nSPS) is 33.1. The SMILES string of the molecule is C=C(C)CN1CC2CC1CN2C(C)C. The molecule has 2 saturated heterocycles. The predicted octanol–water partition coefficient (Wildman–Crippen LogP) is 1.73. The second kappa shape index (κ2) is 3.67. The van der Waals surface area contributed by atoms with E-state index >= 15 is 0 Å². The van der Waals surface area contributed by atoms with E-state index in [2.05, 4.69) is 37.1 Å². The smallest absolute Gasteiger partial charge is 0.0242 e. The molecule has 2 heteroatoms. The van der Waals surface area contributed by atoms with Crippen LogP contribution in [0.25, 0.3) is 0 Å². The van der Waals surface area contributed by atoms with Gasteiger partial charge in [0.2, 0.25) is 0 Å². The second-order valence-corrected chi connectivity index (χ2v) is 5.22. The number of hydrogen-bond acceptors (Lipinski definition) is 2. The van der Waals surface area contributed by atoms with Gasteiger partial charge >= 0.3 is 0 Å². The summed E-state index contributed by atoms with van der Waals surface area (Å²) < 4.78 is 0. The van der Waals surface area contributed by atoms with Gasteiger partial charge in [-0.05, 0) is 27.2 Å². The van der Waals surface area contributed by atoms with Gasteiger partial charge in [0.1, 0.15) is 0 Å². The highest BCUT2D eigenvalue weighted by Crippen LogP contribution is 2.32. The van der Waals surface area contributed by atoms with Crippen molar-refractivity contribution in [3.8, 4) is 0 Å². The van der Waals surface area contributed by atoms with Gasteiger partial charge in [-0.2, -0.15) is 0 Å². The first-order valence-corrected chi connectivity index (χ1v) is 5.72. The maximum absolute atomic E-state index is 4.00. The summed E-state index contributed by atoms with van der Waals surface area (Å²) in [6.07, 6.45) is 1.38. The summed E-state index contributed by atoms with van der Waals surface area (Å²) >= 11 is 0. The monoisotopic (exact) mass is 194 g/mol. The van der Waals surface area contributed by atoms with Gasteiger partial charge in [-0.1, -0.05) is 12.2 Å². The zero-order valence-electron chi connectivity index (χ0n) is 9.66. The molecule has 2 aliphatic heterocycles. The van der Waals surface area contributed by atoms with E-state index in [-0.39, 0.29) is 0 Å². The third-order valence-electron chi connectivity index (χ3n) is 3.53. The molecule has 2 nitrogen and oxygen atoms in total. The van der Waals surface area contributed by atoms with Gasteiger partial charge in [0.05, 0.1) is 0 Å². The minimum atomic E-state index is 0.719. The molecule has 2 rings (SSSR count). The number of fused-ring (bicyclic) bond motifs is 2. The Balaban J connectivity index is 1.93. The van der Waals surface area contributed by atoms with Crippen LogP contribution in [0.15, 0.2) is 12.2 Å². The van der Waals surface area contributed by atoms with Crippen LogP contribution in [0.2, 0.25) is 0 Å². The molecule has 0 saturated carbocycles. The van der Waals surface area contributed by atoms with E-state index < -0.39 is 0 Å². The molecule has 0 aromatic carbocycles. The molecule has 0 spiro atoms. The Labute approximate surface area is 87.6 Å². The third kappa shape index (κ3) is 1.73. The number of hydrogen-bond donors (Lipinski definition) is 0. The fourth-order valence-corrected chi connectivity index (χ4v) is 2.95. The Bertz CT molecular complexity index is 234. The van der Waals surface area contributed by atoms with E-state index in [1.165, 1.54) is 25.1 Å². The molecular weight excluding hydrogens is 172 g/mol. The van der Waals surface area contributed by atoms with Crippen LogP contribution in [-0.4, -0.2) is 47.6 Å². The van der Waals surface area contributed by atoms with Crippen LogP contribution in [0.4, 0.5) is 0 Å². The number of nitrogens with zero attached hydrogens (tertiary/aromatic N) is 2. The van der Waals surface area contributed by atoms with Crippen LogP contribution in [0.3, 0.4) is 0 Å². The van der Waals surface area contributed by atoms with E-state index in [0.29, 0.717) is 0 Å². The molecule has 0 aliphatic carbocycles. The lowest BCUT2D eigenvalue weighted by Gasteiger charge is -2.36. The van der Waals surface area contributed by atoms with Crippen molar-refractivity contribution in [1.29, 1.82) is 0 Å². The molecule has 80 valence electrons. The molecular formula is C12H22N2. The van der Waals surface area contributed by atoms with Crippen molar-refractivity contribution in [3.63, 3.8) is 0 Å². The highest BCUT2D eigenvalue weighted by atomic mass is 15.4. The van der Waals surface area contributed by atoms with Gasteiger partial charge in [-0.25, -0.2) is 0 Å². The van der Waals surface area contributed by atoms with Gasteiger partial charge < -0.3 is 0 Å². The van der Waals surface area contributed by atoms with Gasteiger partial charge in [0.15, 0.2) is 0 Å². The molecule has 0 radical (unpaired) electrons. The average molecular weight is 194 g/mol. The Morgan fingerprint density at radius 2 is 2.07 bits per heavy atom. The zero-order chi connectivity index (χ0) is 10.3. The van der Waals surface area contributed by atoms with Crippen LogP contribution in [-0.2, 0) is 0 Å². The highest BCUT2D eigenvalue weighted by molar-refractivity contribution is 5.04. The lowest BCUT2D eigenvalue weighted by molar-refractivity contribution is 0.111. The van der Waals surface area contributed by atoms with Gasteiger partial charge in [-0.15, -0.1) is 0 Å². The topological polar surface area (TPSA) is 6.48 Å². The average Bonchev–Trinajstić information content (AvgIpc) is 2.60. The Morgan fingerprint density at radius 3 is 2.50 bits per heavy atom. The minimum absolute atomic E-state index is 0.719. The lowest BCUT2D eigenvalue weighted by Crippen LogP contribution is -2.49. The molecule has 2 aliphatic rings. The van der Waals surface area contributed by atoms with E-state index in [1.807, 2.05) is 0 Å². The summed E-state index contributed by atoms with van der Waals surface area (Å²) in [5.74, 6) is 0. The van der Waals surface area contributed by atoms with E-state index in [9.17, 15) is 0 Å². The highest BCUT2D eigenvalue weighted by Gasteiger charge is 2.43. The van der Waals surface area contributed by atoms with E-state index in [4.69, 9.17) is 0 Å². The summed E-state index contributed by atoms with van der Waals surface area (Å²) in [6.45, 7) is 14.4. The van der Waals surface area contributed by atoms with Crippen molar-refractivity contribution < 1.29 is 0 Å². The van der Waals surface area contributed by atoms with Crippen molar-refractivity contribution in [1.82, 2.24) is 9.80 Å². The second-order valence-electron chi connectivity index (χ2n) is 5.22. The first-order valence-electron chi connectivity index (χ1n) is 5.72. The van der Waals surface area contributed by atoms with Crippen molar-refractivity contribution in [3.05, 3.63) is 12.2 Å². The molecule has 0 amide bonds. The Morgan fingerprint density at radius 1 is 1.36 bits per heavy atom. The van der Waals surface area contributed by atoms with Gasteiger partial charge in [0, 0.05) is 37.8 Å². The Hall–Kier alpha value is -0.340. The van der Waals surface area contributed by atoms with Gasteiger partial charge in [-0.3, -0.25) is 9.80 Å². The van der Waals surface area contributed by atoms with Gasteiger partial charge in [0.25, 0.3) is 0 Å². The first-order chi connectivity index (χ1) is 6.58. The lowest BCUT2D eigenvalue weighted by atomic mass is 10.2. The summed E-state index contributed by atoms with van der Waals surface area (Å²) in [4.78, 5) is 5.26. The number of piperazine rings is 1. The van der Waals surface area contributed by atoms with Crippen molar-refractivity contribution in [2.24, 2.45) is 0 Å². The van der Waals surface area contributed by atoms with E-state index in [1.54, 1.807) is 0 Å². The standard InChI is InChI=1S/C12H22N2/c1-9(2)6-13-7-12-5-11(13)8-14(12)10(3)4/h10-12H,1,5-8H2,2-4H3. The fraction of sp³-hybridized carbons (Fsp3) is 0.833. The molecule has 2 atom stereocenters. The molecule has 2 bridgehead atoms. The molecule has 2 heterocycles. The van der Waals surface area contributed by atoms with Crippen molar-refractivity contribution in [2.75, 3.05) is 19.6 Å². The quantitative estimate of drug-likeness (QED) is 0.631. The molecule has 0 aromatic rings. The van der Waals surface area contributed by atoms with Crippen LogP contribution >= 0.6 is 0 Å². The molecule has 0 aromatic heterocycles. The zero-order valence-corrected chi connectivity index (χ0v) is 9.66. The van der Waals surface area contributed by atoms with Crippen LogP contribution in [0, 0.1) is 0 Å². The minimum Gasteiger partial charge on any atom is -0.295 e. The predicted molar refractivity (Wildman–Crippen MR) is 60.4 cm³/mol. The maximum atomic E-state index is 4.00. The number of rotatable bonds is 3. The molecule has 2 unspecified atom stereocenters. The fourth-order valence-electron chi connectivity index (χ4n) is 2.95. The van der Waals surface area contributed by atoms with Crippen molar-refractivity contribution in [2.45, 2.75) is 45.3 Å². The summed E-state index contributed by atoms with van der Waals surface area (Å²) in [5, 5.41) is 0. The maximum Gasteiger partial charge on any atom is 0.0242 e. The summed E-state index contributed by atoms with van der Waals surface area (Å²) in [5.41, 5.74) is 1.30. The molecule has 2 fully saturated rings. The number of likely N-dealkylation sites (tertiary alicyclic amines) is 2. The Kier molecular flexibility index (Phi) is 2.67. The van der Waals surface area contributed by atoms with Crippen molar-refractivity contribution >= 4 is 0 Å². The molecule has 0 N–H and O–H groups in total. The summed E-state index contributed by atoms with van der Waals surface area (Å²) in [7, 11) is 0.